The van der Waals surface area contributed by atoms with Gasteiger partial charge in [-0.3, -0.25) is 4.79 Å². The predicted molar refractivity (Wildman–Crippen MR) is 95.9 cm³/mol. The SMILES string of the molecule is CN(C)c1ccc(N2CCN(C(=O)c3ccc(C(F)(F)F)cc3)CC2)nn1. The maximum absolute atomic E-state index is 12.6. The zero-order valence-electron chi connectivity index (χ0n) is 15.1. The molecule has 1 aromatic carbocycles. The van der Waals surface area contributed by atoms with E-state index in [0.29, 0.717) is 26.2 Å². The molecule has 144 valence electrons. The van der Waals surface area contributed by atoms with E-state index in [1.165, 1.54) is 12.1 Å². The molecular formula is C18H20F3N5O. The number of rotatable bonds is 3. The number of amides is 1. The standard InChI is InChI=1S/C18H20F3N5O/c1-24(2)15-7-8-16(23-22-15)25-9-11-26(12-10-25)17(27)13-3-5-14(6-4-13)18(19,20)21/h3-8H,9-12H2,1-2H3. The number of piperazine rings is 1. The molecule has 3 rings (SSSR count). The van der Waals surface area contributed by atoms with E-state index in [-0.39, 0.29) is 11.5 Å². The van der Waals surface area contributed by atoms with Gasteiger partial charge in [0.25, 0.3) is 5.91 Å². The van der Waals surface area contributed by atoms with Gasteiger partial charge in [-0.05, 0) is 36.4 Å². The third kappa shape index (κ3) is 4.29. The Hall–Kier alpha value is -2.84. The van der Waals surface area contributed by atoms with E-state index >= 15 is 0 Å². The molecule has 0 aliphatic carbocycles. The second kappa shape index (κ2) is 7.42. The minimum atomic E-state index is -4.41. The van der Waals surface area contributed by atoms with E-state index in [4.69, 9.17) is 0 Å². The largest absolute Gasteiger partial charge is 0.416 e. The lowest BCUT2D eigenvalue weighted by molar-refractivity contribution is -0.137. The Morgan fingerprint density at radius 2 is 1.59 bits per heavy atom. The number of benzene rings is 1. The number of anilines is 2. The van der Waals surface area contributed by atoms with Crippen molar-refractivity contribution >= 4 is 17.5 Å². The molecular weight excluding hydrogens is 359 g/mol. The van der Waals surface area contributed by atoms with E-state index in [1.54, 1.807) is 4.90 Å². The molecule has 0 N–H and O–H groups in total. The predicted octanol–water partition coefficient (Wildman–Crippen LogP) is 2.52. The van der Waals surface area contributed by atoms with Crippen molar-refractivity contribution in [2.45, 2.75) is 6.18 Å². The Morgan fingerprint density at radius 1 is 0.963 bits per heavy atom. The van der Waals surface area contributed by atoms with Crippen LogP contribution >= 0.6 is 0 Å². The summed E-state index contributed by atoms with van der Waals surface area (Å²) in [5.74, 6) is 1.23. The number of halogens is 3. The maximum atomic E-state index is 12.6. The van der Waals surface area contributed by atoms with Crippen molar-refractivity contribution in [1.29, 1.82) is 0 Å². The number of carbonyl (C=O) groups is 1. The molecule has 1 saturated heterocycles. The summed E-state index contributed by atoms with van der Waals surface area (Å²) in [4.78, 5) is 18.0. The van der Waals surface area contributed by atoms with Crippen molar-refractivity contribution in [2.24, 2.45) is 0 Å². The number of carbonyl (C=O) groups excluding carboxylic acids is 1. The summed E-state index contributed by atoms with van der Waals surface area (Å²) in [7, 11) is 3.77. The lowest BCUT2D eigenvalue weighted by Crippen LogP contribution is -2.49. The molecule has 2 heterocycles. The topological polar surface area (TPSA) is 52.6 Å². The van der Waals surface area contributed by atoms with Crippen molar-refractivity contribution in [3.63, 3.8) is 0 Å². The highest BCUT2D eigenvalue weighted by Gasteiger charge is 2.30. The van der Waals surface area contributed by atoms with Crippen LogP contribution in [0.5, 0.6) is 0 Å². The highest BCUT2D eigenvalue weighted by atomic mass is 19.4. The van der Waals surface area contributed by atoms with Gasteiger partial charge in [0.2, 0.25) is 0 Å². The minimum absolute atomic E-state index is 0.256. The summed E-state index contributed by atoms with van der Waals surface area (Å²) in [6.07, 6.45) is -4.41. The van der Waals surface area contributed by atoms with Gasteiger partial charge in [0.05, 0.1) is 5.56 Å². The van der Waals surface area contributed by atoms with Crippen LogP contribution in [0.1, 0.15) is 15.9 Å². The van der Waals surface area contributed by atoms with E-state index in [0.717, 1.165) is 23.8 Å². The van der Waals surface area contributed by atoms with Crippen molar-refractivity contribution in [3.05, 3.63) is 47.5 Å². The molecule has 1 aliphatic rings. The van der Waals surface area contributed by atoms with Gasteiger partial charge in [-0.15, -0.1) is 10.2 Å². The smallest absolute Gasteiger partial charge is 0.361 e. The Balaban J connectivity index is 1.60. The van der Waals surface area contributed by atoms with Crippen LogP contribution in [0.25, 0.3) is 0 Å². The normalized spacial score (nSPS) is 15.0. The molecule has 0 unspecified atom stereocenters. The molecule has 0 radical (unpaired) electrons. The first kappa shape index (κ1) is 18.9. The molecule has 2 aromatic rings. The summed E-state index contributed by atoms with van der Waals surface area (Å²) in [5.41, 5.74) is -0.504. The molecule has 0 atom stereocenters. The first-order chi connectivity index (χ1) is 12.8. The van der Waals surface area contributed by atoms with Crippen LogP contribution in [-0.2, 0) is 6.18 Å². The minimum Gasteiger partial charge on any atom is -0.361 e. The van der Waals surface area contributed by atoms with Gasteiger partial charge in [0, 0.05) is 45.8 Å². The van der Waals surface area contributed by atoms with Gasteiger partial charge in [-0.2, -0.15) is 13.2 Å². The lowest BCUT2D eigenvalue weighted by Gasteiger charge is -2.35. The van der Waals surface area contributed by atoms with Gasteiger partial charge >= 0.3 is 6.18 Å². The molecule has 6 nitrogen and oxygen atoms in total. The molecule has 0 saturated carbocycles. The fourth-order valence-corrected chi connectivity index (χ4v) is 2.85. The van der Waals surface area contributed by atoms with Crippen LogP contribution in [-0.4, -0.2) is 61.3 Å². The van der Waals surface area contributed by atoms with Gasteiger partial charge in [0.1, 0.15) is 0 Å². The summed E-state index contributed by atoms with van der Waals surface area (Å²) >= 11 is 0. The molecule has 1 amide bonds. The van der Waals surface area contributed by atoms with Crippen molar-refractivity contribution in [2.75, 3.05) is 50.1 Å². The highest BCUT2D eigenvalue weighted by Crippen LogP contribution is 2.29. The third-order valence-electron chi connectivity index (χ3n) is 4.44. The van der Waals surface area contributed by atoms with E-state index < -0.39 is 11.7 Å². The Morgan fingerprint density at radius 3 is 2.07 bits per heavy atom. The average Bonchev–Trinajstić information content (AvgIpc) is 2.67. The zero-order valence-corrected chi connectivity index (χ0v) is 15.1. The highest BCUT2D eigenvalue weighted by molar-refractivity contribution is 5.94. The molecule has 0 bridgehead atoms. The Bertz CT molecular complexity index is 782. The fraction of sp³-hybridized carbons (Fsp3) is 0.389. The number of alkyl halides is 3. The summed E-state index contributed by atoms with van der Waals surface area (Å²) in [5, 5.41) is 8.35. The van der Waals surface area contributed by atoms with Crippen molar-refractivity contribution in [1.82, 2.24) is 15.1 Å². The molecule has 0 spiro atoms. The van der Waals surface area contributed by atoms with Crippen molar-refractivity contribution < 1.29 is 18.0 Å². The van der Waals surface area contributed by atoms with Crippen LogP contribution in [0.4, 0.5) is 24.8 Å². The Kier molecular flexibility index (Phi) is 5.20. The fourth-order valence-electron chi connectivity index (χ4n) is 2.85. The first-order valence-corrected chi connectivity index (χ1v) is 8.48. The van der Waals surface area contributed by atoms with Gasteiger partial charge < -0.3 is 14.7 Å². The second-order valence-electron chi connectivity index (χ2n) is 6.50. The third-order valence-corrected chi connectivity index (χ3v) is 4.44. The molecule has 1 aromatic heterocycles. The second-order valence-corrected chi connectivity index (χ2v) is 6.50. The first-order valence-electron chi connectivity index (χ1n) is 8.48. The van der Waals surface area contributed by atoms with E-state index in [2.05, 4.69) is 10.2 Å². The quantitative estimate of drug-likeness (QED) is 0.820. The molecule has 27 heavy (non-hydrogen) atoms. The van der Waals surface area contributed by atoms with Crippen LogP contribution in [0, 0.1) is 0 Å². The average molecular weight is 379 g/mol. The van der Waals surface area contributed by atoms with E-state index in [9.17, 15) is 18.0 Å². The lowest BCUT2D eigenvalue weighted by atomic mass is 10.1. The molecule has 9 heteroatoms. The maximum Gasteiger partial charge on any atom is 0.416 e. The van der Waals surface area contributed by atoms with Crippen LogP contribution in [0.3, 0.4) is 0 Å². The van der Waals surface area contributed by atoms with Crippen LogP contribution in [0.15, 0.2) is 36.4 Å². The number of hydrogen-bond acceptors (Lipinski definition) is 5. The van der Waals surface area contributed by atoms with Gasteiger partial charge in [-0.1, -0.05) is 0 Å². The summed E-state index contributed by atoms with van der Waals surface area (Å²) in [6.45, 7) is 2.11. The Labute approximate surface area is 155 Å². The summed E-state index contributed by atoms with van der Waals surface area (Å²) in [6, 6.07) is 8.08. The summed E-state index contributed by atoms with van der Waals surface area (Å²) < 4.78 is 37.9. The molecule has 1 fully saturated rings. The van der Waals surface area contributed by atoms with Gasteiger partial charge in [-0.25, -0.2) is 0 Å². The monoisotopic (exact) mass is 379 g/mol. The number of aromatic nitrogens is 2. The molecule has 1 aliphatic heterocycles. The van der Waals surface area contributed by atoms with E-state index in [1.807, 2.05) is 36.0 Å². The van der Waals surface area contributed by atoms with Crippen molar-refractivity contribution in [3.8, 4) is 0 Å². The van der Waals surface area contributed by atoms with Crippen LogP contribution in [0.2, 0.25) is 0 Å². The van der Waals surface area contributed by atoms with Crippen LogP contribution < -0.4 is 9.80 Å². The number of hydrogen-bond donors (Lipinski definition) is 0. The number of nitrogens with zero attached hydrogens (tertiary/aromatic N) is 5. The zero-order chi connectivity index (χ0) is 19.6. The van der Waals surface area contributed by atoms with Gasteiger partial charge in [0.15, 0.2) is 11.6 Å².